The zero-order valence-electron chi connectivity index (χ0n) is 16.8. The SMILES string of the molecule is COc1c(OC)c(C)[n+]([O-])c2c1[C@H](CCCCCc1ccccc1)CCC2. The van der Waals surface area contributed by atoms with Crippen molar-refractivity contribution in [3.8, 4) is 11.5 Å². The molecule has 4 heteroatoms. The van der Waals surface area contributed by atoms with Crippen LogP contribution in [0, 0.1) is 12.1 Å². The van der Waals surface area contributed by atoms with Crippen molar-refractivity contribution in [2.45, 2.75) is 64.2 Å². The van der Waals surface area contributed by atoms with E-state index in [4.69, 9.17) is 9.47 Å². The van der Waals surface area contributed by atoms with Crippen molar-refractivity contribution in [2.75, 3.05) is 14.2 Å². The summed E-state index contributed by atoms with van der Waals surface area (Å²) in [4.78, 5) is 0. The second-order valence-corrected chi connectivity index (χ2v) is 7.48. The molecule has 3 rings (SSSR count). The van der Waals surface area contributed by atoms with Gasteiger partial charge in [0.1, 0.15) is 0 Å². The van der Waals surface area contributed by atoms with Gasteiger partial charge in [-0.05, 0) is 43.6 Å². The summed E-state index contributed by atoms with van der Waals surface area (Å²) in [6, 6.07) is 10.7. The Morgan fingerprint density at radius 2 is 1.78 bits per heavy atom. The molecule has 0 aliphatic heterocycles. The molecular weight excluding hydrogens is 338 g/mol. The van der Waals surface area contributed by atoms with Crippen molar-refractivity contribution in [3.63, 3.8) is 0 Å². The highest BCUT2D eigenvalue weighted by Gasteiger charge is 2.34. The number of methoxy groups -OCH3 is 2. The molecule has 2 aromatic rings. The van der Waals surface area contributed by atoms with Gasteiger partial charge in [-0.2, -0.15) is 4.73 Å². The molecular formula is C23H31NO3. The predicted molar refractivity (Wildman–Crippen MR) is 108 cm³/mol. The summed E-state index contributed by atoms with van der Waals surface area (Å²) in [7, 11) is 3.29. The molecule has 1 aliphatic rings. The van der Waals surface area contributed by atoms with E-state index in [9.17, 15) is 5.21 Å². The Morgan fingerprint density at radius 1 is 1.04 bits per heavy atom. The Labute approximate surface area is 162 Å². The lowest BCUT2D eigenvalue weighted by Crippen LogP contribution is -2.39. The van der Waals surface area contributed by atoms with Crippen molar-refractivity contribution in [2.24, 2.45) is 0 Å². The maximum atomic E-state index is 12.7. The van der Waals surface area contributed by atoms with Gasteiger partial charge < -0.3 is 14.7 Å². The molecule has 0 saturated carbocycles. The van der Waals surface area contributed by atoms with E-state index in [0.717, 1.165) is 53.8 Å². The highest BCUT2D eigenvalue weighted by molar-refractivity contribution is 5.51. The van der Waals surface area contributed by atoms with Gasteiger partial charge in [-0.15, -0.1) is 0 Å². The summed E-state index contributed by atoms with van der Waals surface area (Å²) in [6.07, 6.45) is 8.85. The number of fused-ring (bicyclic) bond motifs is 1. The largest absolute Gasteiger partial charge is 0.618 e. The second kappa shape index (κ2) is 9.12. The van der Waals surface area contributed by atoms with Crippen molar-refractivity contribution in [1.82, 2.24) is 0 Å². The first-order chi connectivity index (χ1) is 13.2. The molecule has 4 nitrogen and oxygen atoms in total. The molecule has 27 heavy (non-hydrogen) atoms. The molecule has 146 valence electrons. The van der Waals surface area contributed by atoms with Crippen LogP contribution in [0.4, 0.5) is 0 Å². The van der Waals surface area contributed by atoms with Gasteiger partial charge in [0.05, 0.1) is 19.8 Å². The average molecular weight is 370 g/mol. The van der Waals surface area contributed by atoms with Crippen molar-refractivity contribution >= 4 is 0 Å². The quantitative estimate of drug-likeness (QED) is 0.379. The van der Waals surface area contributed by atoms with Gasteiger partial charge in [0.15, 0.2) is 11.4 Å². The Morgan fingerprint density at radius 3 is 2.48 bits per heavy atom. The van der Waals surface area contributed by atoms with Crippen LogP contribution in [-0.2, 0) is 12.8 Å². The minimum atomic E-state index is 0.384. The number of benzene rings is 1. The molecule has 0 spiro atoms. The van der Waals surface area contributed by atoms with Gasteiger partial charge in [0, 0.05) is 13.3 Å². The Hall–Kier alpha value is -2.23. The van der Waals surface area contributed by atoms with E-state index in [1.54, 1.807) is 14.2 Å². The number of pyridine rings is 1. The normalized spacial score (nSPS) is 16.0. The monoisotopic (exact) mass is 369 g/mol. The van der Waals surface area contributed by atoms with Gasteiger partial charge in [-0.25, -0.2) is 0 Å². The summed E-state index contributed by atoms with van der Waals surface area (Å²) >= 11 is 0. The zero-order chi connectivity index (χ0) is 19.2. The number of nitrogens with zero attached hydrogens (tertiary/aromatic N) is 1. The highest BCUT2D eigenvalue weighted by Crippen LogP contribution is 2.44. The first kappa shape index (κ1) is 19.5. The fraction of sp³-hybridized carbons (Fsp3) is 0.522. The number of ether oxygens (including phenoxy) is 2. The van der Waals surface area contributed by atoms with Crippen LogP contribution in [0.1, 0.15) is 67.0 Å². The number of rotatable bonds is 8. The van der Waals surface area contributed by atoms with Crippen LogP contribution in [0.25, 0.3) is 0 Å². The van der Waals surface area contributed by atoms with Crippen molar-refractivity contribution in [1.29, 1.82) is 0 Å². The van der Waals surface area contributed by atoms with Gasteiger partial charge in [-0.3, -0.25) is 0 Å². The fourth-order valence-corrected chi connectivity index (χ4v) is 4.41. The van der Waals surface area contributed by atoms with E-state index in [0.29, 0.717) is 17.4 Å². The average Bonchev–Trinajstić information content (AvgIpc) is 2.71. The summed E-state index contributed by atoms with van der Waals surface area (Å²) in [6.45, 7) is 1.81. The number of unbranched alkanes of at least 4 members (excludes halogenated alkanes) is 2. The minimum absolute atomic E-state index is 0.384. The molecule has 0 bridgehead atoms. The van der Waals surface area contributed by atoms with Crippen LogP contribution in [0.15, 0.2) is 30.3 Å². The summed E-state index contributed by atoms with van der Waals surface area (Å²) in [5.41, 5.74) is 3.97. The second-order valence-electron chi connectivity index (χ2n) is 7.48. The molecule has 0 unspecified atom stereocenters. The third-order valence-corrected chi connectivity index (χ3v) is 5.78. The molecule has 1 atom stereocenters. The van der Waals surface area contributed by atoms with Gasteiger partial charge in [-0.1, -0.05) is 43.2 Å². The Bertz CT molecular complexity index is 758. The van der Waals surface area contributed by atoms with Crippen LogP contribution in [-0.4, -0.2) is 14.2 Å². The Kier molecular flexibility index (Phi) is 6.59. The highest BCUT2D eigenvalue weighted by atomic mass is 16.5. The number of aromatic nitrogens is 1. The summed E-state index contributed by atoms with van der Waals surface area (Å²) < 4.78 is 12.3. The van der Waals surface area contributed by atoms with Crippen LogP contribution in [0.5, 0.6) is 11.5 Å². The molecule has 1 aliphatic carbocycles. The van der Waals surface area contributed by atoms with E-state index >= 15 is 0 Å². The first-order valence-electron chi connectivity index (χ1n) is 10.1. The predicted octanol–water partition coefficient (Wildman–Crippen LogP) is 4.87. The van der Waals surface area contributed by atoms with E-state index < -0.39 is 0 Å². The van der Waals surface area contributed by atoms with E-state index in [2.05, 4.69) is 30.3 Å². The van der Waals surface area contributed by atoms with Gasteiger partial charge in [0.2, 0.25) is 11.4 Å². The molecule has 1 heterocycles. The van der Waals surface area contributed by atoms with E-state index in [-0.39, 0.29) is 0 Å². The number of aryl methyl sites for hydroxylation is 1. The van der Waals surface area contributed by atoms with Crippen molar-refractivity contribution in [3.05, 3.63) is 58.1 Å². The lowest BCUT2D eigenvalue weighted by molar-refractivity contribution is -0.622. The van der Waals surface area contributed by atoms with Gasteiger partial charge in [0.25, 0.3) is 0 Å². The van der Waals surface area contributed by atoms with Crippen LogP contribution >= 0.6 is 0 Å². The number of hydrogen-bond donors (Lipinski definition) is 0. The lowest BCUT2D eigenvalue weighted by Gasteiger charge is -2.28. The molecule has 0 fully saturated rings. The smallest absolute Gasteiger partial charge is 0.235 e. The maximum Gasteiger partial charge on any atom is 0.235 e. The van der Waals surface area contributed by atoms with Crippen LogP contribution < -0.4 is 14.2 Å². The third-order valence-electron chi connectivity index (χ3n) is 5.78. The van der Waals surface area contributed by atoms with E-state index in [1.165, 1.54) is 24.8 Å². The number of hydrogen-bond acceptors (Lipinski definition) is 3. The summed E-state index contributed by atoms with van der Waals surface area (Å²) in [5.74, 6) is 1.74. The molecule has 0 amide bonds. The first-order valence-corrected chi connectivity index (χ1v) is 10.1. The minimum Gasteiger partial charge on any atom is -0.618 e. The van der Waals surface area contributed by atoms with Crippen LogP contribution in [0.2, 0.25) is 0 Å². The van der Waals surface area contributed by atoms with Gasteiger partial charge >= 0.3 is 0 Å². The molecule has 0 radical (unpaired) electrons. The van der Waals surface area contributed by atoms with E-state index in [1.807, 2.05) is 6.92 Å². The van der Waals surface area contributed by atoms with Crippen molar-refractivity contribution < 1.29 is 14.2 Å². The topological polar surface area (TPSA) is 45.4 Å². The van der Waals surface area contributed by atoms with Crippen LogP contribution in [0.3, 0.4) is 0 Å². The maximum absolute atomic E-state index is 12.7. The third kappa shape index (κ3) is 4.20. The lowest BCUT2D eigenvalue weighted by atomic mass is 9.81. The standard InChI is InChI=1S/C23H31NO3/c1-17-22(26-2)23(27-3)21-19(15-10-16-20(21)24(17)25)14-9-5-8-13-18-11-6-4-7-12-18/h4,6-7,11-12,19H,5,8-10,13-16H2,1-3H3/t19-/m1/s1. The summed E-state index contributed by atoms with van der Waals surface area (Å²) in [5, 5.41) is 12.7. The zero-order valence-corrected chi connectivity index (χ0v) is 16.8. The molecule has 1 aromatic heterocycles. The molecule has 0 saturated heterocycles. The molecule has 1 aromatic carbocycles. The fourth-order valence-electron chi connectivity index (χ4n) is 4.41. The molecule has 0 N–H and O–H groups in total. The Balaban J connectivity index is 1.67.